The minimum Gasteiger partial charge on any atom is -0.350 e. The highest BCUT2D eigenvalue weighted by molar-refractivity contribution is 7.99. The third kappa shape index (κ3) is 3.85. The second-order valence-electron chi connectivity index (χ2n) is 3.99. The predicted molar refractivity (Wildman–Crippen MR) is 69.4 cm³/mol. The Bertz CT molecular complexity index is 379. The zero-order valence-electron chi connectivity index (χ0n) is 9.36. The average molecular weight is 272 g/mol. The van der Waals surface area contributed by atoms with E-state index in [-0.39, 0.29) is 5.91 Å². The summed E-state index contributed by atoms with van der Waals surface area (Å²) in [5, 5.41) is 3.19. The van der Waals surface area contributed by atoms with E-state index in [1.54, 1.807) is 0 Å². The van der Waals surface area contributed by atoms with Crippen LogP contribution in [0.4, 0.5) is 0 Å². The molecule has 0 aliphatic carbocycles. The van der Waals surface area contributed by atoms with Gasteiger partial charge in [-0.1, -0.05) is 11.6 Å². The quantitative estimate of drug-likeness (QED) is 0.914. The summed E-state index contributed by atoms with van der Waals surface area (Å²) in [7, 11) is 0. The molecule has 0 bridgehead atoms. The molecule has 0 saturated carbocycles. The van der Waals surface area contributed by atoms with E-state index >= 15 is 0 Å². The molecule has 6 heteroatoms. The number of carbonyl (C=O) groups is 1. The predicted octanol–water partition coefficient (Wildman–Crippen LogP) is 2.00. The van der Waals surface area contributed by atoms with Crippen molar-refractivity contribution in [1.82, 2.24) is 15.3 Å². The van der Waals surface area contributed by atoms with Crippen molar-refractivity contribution in [3.8, 4) is 0 Å². The van der Waals surface area contributed by atoms with Crippen molar-refractivity contribution in [2.75, 3.05) is 18.1 Å². The van der Waals surface area contributed by atoms with Crippen molar-refractivity contribution in [3.63, 3.8) is 0 Å². The molecule has 1 N–H and O–H groups in total. The Morgan fingerprint density at radius 1 is 1.41 bits per heavy atom. The van der Waals surface area contributed by atoms with Crippen LogP contribution in [0.2, 0.25) is 5.15 Å². The molecule has 1 aliphatic rings. The van der Waals surface area contributed by atoms with Crippen molar-refractivity contribution in [1.29, 1.82) is 0 Å². The number of nitrogens with zero attached hydrogens (tertiary/aromatic N) is 2. The molecule has 1 aromatic rings. The molecule has 92 valence electrons. The number of nitrogens with one attached hydrogen (secondary N) is 1. The number of hydrogen-bond donors (Lipinski definition) is 1. The van der Waals surface area contributed by atoms with Crippen LogP contribution in [0, 0.1) is 5.92 Å². The second kappa shape index (κ2) is 6.21. The lowest BCUT2D eigenvalue weighted by Crippen LogP contribution is -2.31. The molecular weight excluding hydrogens is 258 g/mol. The molecular formula is C11H14ClN3OS. The fraction of sp³-hybridized carbons (Fsp3) is 0.545. The Kier molecular flexibility index (Phi) is 4.62. The lowest BCUT2D eigenvalue weighted by molar-refractivity contribution is 0.0941. The van der Waals surface area contributed by atoms with Crippen LogP contribution in [0.1, 0.15) is 23.3 Å². The lowest BCUT2D eigenvalue weighted by atomic mass is 10.0. The van der Waals surface area contributed by atoms with Crippen LogP contribution in [0.15, 0.2) is 12.4 Å². The van der Waals surface area contributed by atoms with Crippen molar-refractivity contribution in [2.45, 2.75) is 12.8 Å². The van der Waals surface area contributed by atoms with Gasteiger partial charge in [0.1, 0.15) is 10.8 Å². The summed E-state index contributed by atoms with van der Waals surface area (Å²) in [6.45, 7) is 0.726. The second-order valence-corrected chi connectivity index (χ2v) is 5.60. The van der Waals surface area contributed by atoms with Gasteiger partial charge in [-0.25, -0.2) is 9.97 Å². The Labute approximate surface area is 110 Å². The summed E-state index contributed by atoms with van der Waals surface area (Å²) in [5.74, 6) is 2.82. The molecule has 1 amide bonds. The number of hydrogen-bond acceptors (Lipinski definition) is 4. The van der Waals surface area contributed by atoms with Crippen LogP contribution in [0.25, 0.3) is 0 Å². The van der Waals surface area contributed by atoms with Gasteiger partial charge < -0.3 is 5.32 Å². The molecule has 1 saturated heterocycles. The number of thioether (sulfide) groups is 1. The molecule has 0 spiro atoms. The molecule has 2 rings (SSSR count). The molecule has 0 radical (unpaired) electrons. The number of halogens is 1. The highest BCUT2D eigenvalue weighted by Gasteiger charge is 2.15. The van der Waals surface area contributed by atoms with E-state index in [9.17, 15) is 4.79 Å². The van der Waals surface area contributed by atoms with Gasteiger partial charge in [0.15, 0.2) is 0 Å². The number of aromatic nitrogens is 2. The van der Waals surface area contributed by atoms with Gasteiger partial charge in [-0.05, 0) is 30.3 Å². The van der Waals surface area contributed by atoms with Crippen molar-refractivity contribution in [2.24, 2.45) is 5.92 Å². The molecule has 1 aromatic heterocycles. The van der Waals surface area contributed by atoms with Crippen molar-refractivity contribution >= 4 is 29.3 Å². The first kappa shape index (κ1) is 12.6. The first-order valence-corrected chi connectivity index (χ1v) is 7.12. The van der Waals surface area contributed by atoms with E-state index in [2.05, 4.69) is 15.3 Å². The smallest absolute Gasteiger partial charge is 0.271 e. The topological polar surface area (TPSA) is 54.9 Å². The molecule has 1 fully saturated rings. The monoisotopic (exact) mass is 271 g/mol. The van der Waals surface area contributed by atoms with Gasteiger partial charge in [0.05, 0.1) is 12.4 Å². The molecule has 4 nitrogen and oxygen atoms in total. The zero-order chi connectivity index (χ0) is 12.1. The van der Waals surface area contributed by atoms with E-state index in [1.165, 1.54) is 36.7 Å². The maximum absolute atomic E-state index is 11.7. The van der Waals surface area contributed by atoms with E-state index in [1.807, 2.05) is 11.8 Å². The van der Waals surface area contributed by atoms with Gasteiger partial charge in [-0.15, -0.1) is 0 Å². The normalized spacial score (nSPS) is 16.8. The molecule has 2 heterocycles. The zero-order valence-corrected chi connectivity index (χ0v) is 10.9. The summed E-state index contributed by atoms with van der Waals surface area (Å²) in [4.78, 5) is 19.5. The molecule has 0 unspecified atom stereocenters. The Hall–Kier alpha value is -0.810. The molecule has 1 aliphatic heterocycles. The minimum atomic E-state index is -0.174. The number of amides is 1. The SMILES string of the molecule is O=C(NCC1CCSCC1)c1cnc(Cl)cn1. The maximum Gasteiger partial charge on any atom is 0.271 e. The van der Waals surface area contributed by atoms with E-state index < -0.39 is 0 Å². The third-order valence-corrected chi connectivity index (χ3v) is 3.99. The molecule has 0 atom stereocenters. The lowest BCUT2D eigenvalue weighted by Gasteiger charge is -2.21. The van der Waals surface area contributed by atoms with Crippen LogP contribution in [-0.2, 0) is 0 Å². The van der Waals surface area contributed by atoms with Crippen LogP contribution in [0.3, 0.4) is 0 Å². The summed E-state index contributed by atoms with van der Waals surface area (Å²) >= 11 is 7.59. The Morgan fingerprint density at radius 2 is 2.18 bits per heavy atom. The number of carbonyl (C=O) groups excluding carboxylic acids is 1. The summed E-state index contributed by atoms with van der Waals surface area (Å²) in [6.07, 6.45) is 5.14. The number of rotatable bonds is 3. The Morgan fingerprint density at radius 3 is 2.82 bits per heavy atom. The van der Waals surface area contributed by atoms with Gasteiger partial charge in [0.2, 0.25) is 0 Å². The Balaban J connectivity index is 1.82. The molecule has 17 heavy (non-hydrogen) atoms. The summed E-state index contributed by atoms with van der Waals surface area (Å²) in [5.41, 5.74) is 0.319. The average Bonchev–Trinajstić information content (AvgIpc) is 2.38. The van der Waals surface area contributed by atoms with Crippen LogP contribution in [-0.4, -0.2) is 33.9 Å². The first-order valence-electron chi connectivity index (χ1n) is 5.59. The molecule has 0 aromatic carbocycles. The fourth-order valence-corrected chi connectivity index (χ4v) is 3.01. The summed E-state index contributed by atoms with van der Waals surface area (Å²) < 4.78 is 0. The van der Waals surface area contributed by atoms with Crippen LogP contribution < -0.4 is 5.32 Å². The minimum absolute atomic E-state index is 0.174. The van der Waals surface area contributed by atoms with Gasteiger partial charge >= 0.3 is 0 Å². The van der Waals surface area contributed by atoms with Gasteiger partial charge in [-0.3, -0.25) is 4.79 Å². The highest BCUT2D eigenvalue weighted by atomic mass is 35.5. The highest BCUT2D eigenvalue weighted by Crippen LogP contribution is 2.21. The van der Waals surface area contributed by atoms with E-state index in [4.69, 9.17) is 11.6 Å². The largest absolute Gasteiger partial charge is 0.350 e. The summed E-state index contributed by atoms with van der Waals surface area (Å²) in [6, 6.07) is 0. The van der Waals surface area contributed by atoms with Crippen molar-refractivity contribution in [3.05, 3.63) is 23.2 Å². The van der Waals surface area contributed by atoms with Crippen LogP contribution >= 0.6 is 23.4 Å². The van der Waals surface area contributed by atoms with Gasteiger partial charge in [-0.2, -0.15) is 11.8 Å². The maximum atomic E-state index is 11.7. The van der Waals surface area contributed by atoms with Crippen molar-refractivity contribution < 1.29 is 4.79 Å². The standard InChI is InChI=1S/C11H14ClN3OS/c12-10-7-13-9(6-14-10)11(16)15-5-8-1-3-17-4-2-8/h6-8H,1-5H2,(H,15,16). The van der Waals surface area contributed by atoms with Gasteiger partial charge in [0.25, 0.3) is 5.91 Å². The first-order chi connectivity index (χ1) is 8.25. The third-order valence-electron chi connectivity index (χ3n) is 2.75. The van der Waals surface area contributed by atoms with E-state index in [0.29, 0.717) is 16.8 Å². The fourth-order valence-electron chi connectivity index (χ4n) is 1.71. The van der Waals surface area contributed by atoms with Gasteiger partial charge in [0, 0.05) is 6.54 Å². The van der Waals surface area contributed by atoms with E-state index in [0.717, 1.165) is 6.54 Å². The van der Waals surface area contributed by atoms with Crippen LogP contribution in [0.5, 0.6) is 0 Å².